The molecule has 1 unspecified atom stereocenters. The largest absolute Gasteiger partial charge is 0.466 e. The zero-order chi connectivity index (χ0) is 16.2. The number of hydrogen-bond acceptors (Lipinski definition) is 4. The molecule has 20 heavy (non-hydrogen) atoms. The first-order chi connectivity index (χ1) is 9.04. The zero-order valence-electron chi connectivity index (χ0n) is 12.2. The van der Waals surface area contributed by atoms with Crippen LogP contribution in [0.1, 0.15) is 52.9 Å². The van der Waals surface area contributed by atoms with Gasteiger partial charge >= 0.3 is 7.82 Å². The van der Waals surface area contributed by atoms with E-state index in [1.54, 1.807) is 0 Å². The second-order valence-corrected chi connectivity index (χ2v) is 6.07. The molecule has 8 heteroatoms. The van der Waals surface area contributed by atoms with Gasteiger partial charge in [0.1, 0.15) is 0 Å². The highest BCUT2D eigenvalue weighted by molar-refractivity contribution is 7.45. The van der Waals surface area contributed by atoms with Crippen LogP contribution in [0.2, 0.25) is 0 Å². The molecule has 0 aromatic heterocycles. The van der Waals surface area contributed by atoms with Crippen molar-refractivity contribution in [3.63, 3.8) is 0 Å². The molecule has 0 fully saturated rings. The fourth-order valence-corrected chi connectivity index (χ4v) is 1.86. The van der Waals surface area contributed by atoms with Crippen LogP contribution in [0.15, 0.2) is 0 Å². The monoisotopic (exact) mass is 305 g/mol. The minimum Gasteiger partial charge on any atom is -0.309 e. The Hall–Kier alpha value is -0.950. The quantitative estimate of drug-likeness (QED) is 0.415. The molecule has 0 radical (unpaired) electrons. The molecule has 0 saturated heterocycles. The minimum absolute atomic E-state index is 0.000741. The van der Waals surface area contributed by atoms with Crippen LogP contribution in [0.25, 0.3) is 0 Å². The number of phosphoric acid groups is 1. The lowest BCUT2D eigenvalue weighted by Crippen LogP contribution is -2.46. The lowest BCUT2D eigenvalue weighted by molar-refractivity contribution is 0.275. The average molecular weight is 305 g/mol. The first kappa shape index (κ1) is 21.4. The first-order valence-electron chi connectivity index (χ1n) is 6.34. The summed E-state index contributed by atoms with van der Waals surface area (Å²) in [6.45, 7) is 6.35. The Morgan fingerprint density at radius 3 is 1.95 bits per heavy atom. The van der Waals surface area contributed by atoms with Crippen molar-refractivity contribution in [3.8, 4) is 12.1 Å². The Morgan fingerprint density at radius 2 is 1.60 bits per heavy atom. The molecule has 4 N–H and O–H groups in total. The van der Waals surface area contributed by atoms with Crippen molar-refractivity contribution < 1.29 is 19.2 Å². The van der Waals surface area contributed by atoms with E-state index in [1.165, 1.54) is 0 Å². The van der Waals surface area contributed by atoms with Crippen molar-refractivity contribution in [3.05, 3.63) is 0 Å². The highest BCUT2D eigenvalue weighted by Crippen LogP contribution is 2.25. The van der Waals surface area contributed by atoms with Gasteiger partial charge in [-0.15, -0.1) is 0 Å². The highest BCUT2D eigenvalue weighted by Gasteiger charge is 2.23. The second-order valence-electron chi connectivity index (χ2n) is 5.04. The molecule has 0 aliphatic rings. The van der Waals surface area contributed by atoms with Crippen molar-refractivity contribution in [2.45, 2.75) is 64.5 Å². The lowest BCUT2D eigenvalue weighted by atomic mass is 9.89. The smallest absolute Gasteiger partial charge is 0.309 e. The maximum Gasteiger partial charge on any atom is 0.466 e. The third-order valence-electron chi connectivity index (χ3n) is 2.44. The van der Waals surface area contributed by atoms with Gasteiger partial charge in [-0.2, -0.15) is 10.5 Å². The number of nitrogens with zero attached hydrogens (tertiary/aromatic N) is 2. The van der Waals surface area contributed by atoms with Crippen LogP contribution in [0, 0.1) is 22.7 Å². The second kappa shape index (κ2) is 10.8. The summed E-state index contributed by atoms with van der Waals surface area (Å²) in [7, 11) is -4.64. The molecular weight excluding hydrogens is 281 g/mol. The van der Waals surface area contributed by atoms with Crippen LogP contribution in [-0.4, -0.2) is 26.3 Å². The molecule has 0 aliphatic heterocycles. The van der Waals surface area contributed by atoms with E-state index in [1.807, 2.05) is 0 Å². The normalized spacial score (nSPS) is 13.7. The number of rotatable bonds is 7. The van der Waals surface area contributed by atoms with Crippen molar-refractivity contribution in [2.75, 3.05) is 0 Å². The Kier molecular flexibility index (Phi) is 11.5. The van der Waals surface area contributed by atoms with Gasteiger partial charge in [0, 0.05) is 24.4 Å². The maximum absolute atomic E-state index is 8.88. The fourth-order valence-electron chi connectivity index (χ4n) is 1.86. The third kappa shape index (κ3) is 19.4. The van der Waals surface area contributed by atoms with E-state index in [4.69, 9.17) is 29.8 Å². The van der Waals surface area contributed by atoms with Crippen molar-refractivity contribution in [1.29, 1.82) is 10.5 Å². The number of nitrogens with one attached hydrogen (secondary N) is 1. The summed E-state index contributed by atoms with van der Waals surface area (Å²) in [6, 6.07) is 4.75. The number of hydrogen-bond donors (Lipinski definition) is 4. The SMILES string of the molecule is CC(C)NC(C)(CCC#N)CCCC#N.O=P(O)(O)O. The summed E-state index contributed by atoms with van der Waals surface area (Å²) in [5.41, 5.74) is 0.000741. The summed E-state index contributed by atoms with van der Waals surface area (Å²) in [6.07, 6.45) is 3.89. The van der Waals surface area contributed by atoms with Gasteiger partial charge in [-0.1, -0.05) is 13.8 Å². The summed E-state index contributed by atoms with van der Waals surface area (Å²) in [5.74, 6) is 0. The van der Waals surface area contributed by atoms with Crippen molar-refractivity contribution >= 4 is 7.82 Å². The van der Waals surface area contributed by atoms with Crippen LogP contribution in [0.4, 0.5) is 0 Å². The molecule has 0 heterocycles. The van der Waals surface area contributed by atoms with E-state index >= 15 is 0 Å². The van der Waals surface area contributed by atoms with E-state index in [9.17, 15) is 0 Å². The molecule has 0 bridgehead atoms. The predicted octanol–water partition coefficient (Wildman–Crippen LogP) is 1.81. The summed E-state index contributed by atoms with van der Waals surface area (Å²) in [4.78, 5) is 21.6. The number of nitriles is 2. The Morgan fingerprint density at radius 1 is 1.15 bits per heavy atom. The van der Waals surface area contributed by atoms with E-state index < -0.39 is 7.82 Å². The summed E-state index contributed by atoms with van der Waals surface area (Å²) >= 11 is 0. The fraction of sp³-hybridized carbons (Fsp3) is 0.833. The molecule has 0 aliphatic carbocycles. The third-order valence-corrected chi connectivity index (χ3v) is 2.44. The van der Waals surface area contributed by atoms with Crippen LogP contribution < -0.4 is 5.32 Å². The van der Waals surface area contributed by atoms with Gasteiger partial charge in [-0.3, -0.25) is 0 Å². The Bertz CT molecular complexity index is 375. The van der Waals surface area contributed by atoms with Gasteiger partial charge in [0.25, 0.3) is 0 Å². The van der Waals surface area contributed by atoms with E-state index in [-0.39, 0.29) is 5.54 Å². The molecule has 0 aromatic carbocycles. The van der Waals surface area contributed by atoms with Gasteiger partial charge in [0.15, 0.2) is 0 Å². The Labute approximate surface area is 120 Å². The van der Waals surface area contributed by atoms with Crippen molar-refractivity contribution in [1.82, 2.24) is 5.32 Å². The molecule has 0 saturated carbocycles. The standard InChI is InChI=1S/C12H21N3.H3O4P/c1-11(2)15-12(3,8-6-10-14)7-4-5-9-13;1-5(2,3)4/h11,15H,4-8H2,1-3H3;(H3,1,2,3,4). The molecule has 116 valence electrons. The molecule has 7 nitrogen and oxygen atoms in total. The summed E-state index contributed by atoms with van der Waals surface area (Å²) < 4.78 is 8.88. The summed E-state index contributed by atoms with van der Waals surface area (Å²) in [5, 5.41) is 20.6. The van der Waals surface area contributed by atoms with Gasteiger partial charge in [0.2, 0.25) is 0 Å². The van der Waals surface area contributed by atoms with Gasteiger partial charge in [-0.25, -0.2) is 4.57 Å². The van der Waals surface area contributed by atoms with E-state index in [0.717, 1.165) is 19.3 Å². The molecule has 0 spiro atoms. The van der Waals surface area contributed by atoms with Crippen LogP contribution in [0.5, 0.6) is 0 Å². The Balaban J connectivity index is 0. The number of unbranched alkanes of at least 4 members (excludes halogenated alkanes) is 1. The van der Waals surface area contributed by atoms with Crippen LogP contribution in [-0.2, 0) is 4.57 Å². The molecular formula is C12H24N3O4P. The predicted molar refractivity (Wildman–Crippen MR) is 75.3 cm³/mol. The topological polar surface area (TPSA) is 137 Å². The minimum atomic E-state index is -4.64. The van der Waals surface area contributed by atoms with Gasteiger partial charge in [-0.05, 0) is 26.2 Å². The van der Waals surface area contributed by atoms with Crippen LogP contribution >= 0.6 is 7.82 Å². The van der Waals surface area contributed by atoms with Gasteiger partial charge < -0.3 is 20.0 Å². The van der Waals surface area contributed by atoms with E-state index in [0.29, 0.717) is 18.9 Å². The molecule has 0 amide bonds. The van der Waals surface area contributed by atoms with Crippen LogP contribution in [0.3, 0.4) is 0 Å². The zero-order valence-corrected chi connectivity index (χ0v) is 13.1. The van der Waals surface area contributed by atoms with Crippen molar-refractivity contribution in [2.24, 2.45) is 0 Å². The average Bonchev–Trinajstić information content (AvgIpc) is 2.23. The molecule has 0 aromatic rings. The van der Waals surface area contributed by atoms with Gasteiger partial charge in [0.05, 0.1) is 12.1 Å². The molecule has 1 atom stereocenters. The maximum atomic E-state index is 8.88. The first-order valence-corrected chi connectivity index (χ1v) is 7.90. The lowest BCUT2D eigenvalue weighted by Gasteiger charge is -2.32. The van der Waals surface area contributed by atoms with E-state index in [2.05, 4.69) is 38.2 Å². The highest BCUT2D eigenvalue weighted by atomic mass is 31.2. The molecule has 0 rings (SSSR count).